The number of hydrogen-bond acceptors (Lipinski definition) is 3. The summed E-state index contributed by atoms with van der Waals surface area (Å²) < 4.78 is 2.35. The van der Waals surface area contributed by atoms with Crippen LogP contribution < -0.4 is 5.32 Å². The Morgan fingerprint density at radius 3 is 3.21 bits per heavy atom. The first kappa shape index (κ1) is 11.0. The van der Waals surface area contributed by atoms with Crippen molar-refractivity contribution in [2.24, 2.45) is 5.92 Å². The van der Waals surface area contributed by atoms with Gasteiger partial charge in [-0.3, -0.25) is 0 Å². The Hall–Kier alpha value is -1.88. The van der Waals surface area contributed by atoms with Gasteiger partial charge in [0.2, 0.25) is 0 Å². The van der Waals surface area contributed by atoms with Crippen molar-refractivity contribution in [2.45, 2.75) is 19.4 Å². The van der Waals surface area contributed by atoms with E-state index in [2.05, 4.69) is 37.8 Å². The standard InChI is InChI=1S/C14H17N5/c1-9-6-15-4-3-12(9)19-8-18-11-7-17-14-10(13(11)19)2-5-16-14/h2,5,7-9,12,15H,3-4,6H2,1H3,(H,16,17). The van der Waals surface area contributed by atoms with Crippen LogP contribution in [0, 0.1) is 5.92 Å². The number of nitrogens with zero attached hydrogens (tertiary/aromatic N) is 3. The van der Waals surface area contributed by atoms with Crippen LogP contribution in [0.1, 0.15) is 19.4 Å². The first-order valence-corrected chi connectivity index (χ1v) is 6.84. The van der Waals surface area contributed by atoms with Gasteiger partial charge in [-0.1, -0.05) is 6.92 Å². The maximum Gasteiger partial charge on any atom is 0.139 e. The lowest BCUT2D eigenvalue weighted by Gasteiger charge is -2.31. The van der Waals surface area contributed by atoms with Gasteiger partial charge in [0.25, 0.3) is 0 Å². The number of imidazole rings is 1. The van der Waals surface area contributed by atoms with Crippen LogP contribution in [-0.4, -0.2) is 32.6 Å². The average Bonchev–Trinajstić information content (AvgIpc) is 3.04. The van der Waals surface area contributed by atoms with Crippen molar-refractivity contribution in [2.75, 3.05) is 13.1 Å². The first-order chi connectivity index (χ1) is 9.34. The predicted octanol–water partition coefficient (Wildman–Crippen LogP) is 2.08. The molecule has 2 unspecified atom stereocenters. The summed E-state index contributed by atoms with van der Waals surface area (Å²) in [4.78, 5) is 12.1. The molecule has 0 aromatic carbocycles. The van der Waals surface area contributed by atoms with Gasteiger partial charge in [-0.2, -0.15) is 0 Å². The molecule has 2 atom stereocenters. The van der Waals surface area contributed by atoms with E-state index < -0.39 is 0 Å². The van der Waals surface area contributed by atoms with E-state index in [4.69, 9.17) is 0 Å². The highest BCUT2D eigenvalue weighted by molar-refractivity contribution is 6.00. The maximum atomic E-state index is 4.52. The van der Waals surface area contributed by atoms with Gasteiger partial charge in [0, 0.05) is 17.6 Å². The summed E-state index contributed by atoms with van der Waals surface area (Å²) in [5.41, 5.74) is 3.14. The van der Waals surface area contributed by atoms with Crippen molar-refractivity contribution >= 4 is 22.1 Å². The minimum atomic E-state index is 0.520. The topological polar surface area (TPSA) is 58.5 Å². The molecule has 3 aromatic rings. The second-order valence-corrected chi connectivity index (χ2v) is 5.42. The summed E-state index contributed by atoms with van der Waals surface area (Å²) in [6, 6.07) is 2.61. The highest BCUT2D eigenvalue weighted by atomic mass is 15.1. The van der Waals surface area contributed by atoms with Crippen molar-refractivity contribution < 1.29 is 0 Å². The van der Waals surface area contributed by atoms with Crippen molar-refractivity contribution in [1.82, 2.24) is 24.8 Å². The Morgan fingerprint density at radius 1 is 1.37 bits per heavy atom. The second kappa shape index (κ2) is 4.06. The number of piperidine rings is 1. The van der Waals surface area contributed by atoms with E-state index in [1.807, 2.05) is 18.7 Å². The number of aromatic amines is 1. The van der Waals surface area contributed by atoms with E-state index >= 15 is 0 Å². The van der Waals surface area contributed by atoms with Gasteiger partial charge in [-0.15, -0.1) is 0 Å². The van der Waals surface area contributed by atoms with Crippen molar-refractivity contribution in [3.8, 4) is 0 Å². The summed E-state index contributed by atoms with van der Waals surface area (Å²) in [6.45, 7) is 4.46. The molecule has 4 rings (SSSR count). The minimum absolute atomic E-state index is 0.520. The van der Waals surface area contributed by atoms with Crippen LogP contribution in [0.3, 0.4) is 0 Å². The Bertz CT molecular complexity index is 726. The fourth-order valence-corrected chi connectivity index (χ4v) is 3.20. The van der Waals surface area contributed by atoms with Crippen molar-refractivity contribution in [3.05, 3.63) is 24.8 Å². The third-order valence-corrected chi connectivity index (χ3v) is 4.22. The Labute approximate surface area is 111 Å². The monoisotopic (exact) mass is 255 g/mol. The molecular formula is C14H17N5. The lowest BCUT2D eigenvalue weighted by molar-refractivity contribution is 0.279. The predicted molar refractivity (Wildman–Crippen MR) is 75.1 cm³/mol. The molecule has 4 heterocycles. The largest absolute Gasteiger partial charge is 0.346 e. The number of rotatable bonds is 1. The summed E-state index contributed by atoms with van der Waals surface area (Å²) in [7, 11) is 0. The van der Waals surface area contributed by atoms with Crippen LogP contribution in [0.4, 0.5) is 0 Å². The highest BCUT2D eigenvalue weighted by Crippen LogP contribution is 2.31. The normalized spacial score (nSPS) is 24.3. The molecule has 1 aliphatic heterocycles. The maximum absolute atomic E-state index is 4.52. The van der Waals surface area contributed by atoms with Gasteiger partial charge in [-0.25, -0.2) is 9.97 Å². The number of nitrogens with one attached hydrogen (secondary N) is 2. The Balaban J connectivity index is 1.96. The molecular weight excluding hydrogens is 238 g/mol. The lowest BCUT2D eigenvalue weighted by Crippen LogP contribution is -2.36. The Morgan fingerprint density at radius 2 is 2.32 bits per heavy atom. The van der Waals surface area contributed by atoms with E-state index in [1.165, 1.54) is 10.9 Å². The molecule has 1 aliphatic rings. The molecule has 5 nitrogen and oxygen atoms in total. The average molecular weight is 255 g/mol. The van der Waals surface area contributed by atoms with E-state index in [9.17, 15) is 0 Å². The number of hydrogen-bond donors (Lipinski definition) is 2. The van der Waals surface area contributed by atoms with Gasteiger partial charge in [-0.05, 0) is 31.5 Å². The van der Waals surface area contributed by atoms with Crippen LogP contribution in [0.15, 0.2) is 24.8 Å². The Kier molecular flexibility index (Phi) is 2.35. The molecule has 19 heavy (non-hydrogen) atoms. The second-order valence-electron chi connectivity index (χ2n) is 5.42. The SMILES string of the molecule is CC1CNCCC1n1cnc2cnc3[nH]ccc3c21. The van der Waals surface area contributed by atoms with Crippen molar-refractivity contribution in [1.29, 1.82) is 0 Å². The lowest BCUT2D eigenvalue weighted by atomic mass is 9.95. The molecule has 1 fully saturated rings. The van der Waals surface area contributed by atoms with E-state index in [0.29, 0.717) is 12.0 Å². The highest BCUT2D eigenvalue weighted by Gasteiger charge is 2.24. The molecule has 0 radical (unpaired) electrons. The van der Waals surface area contributed by atoms with Crippen LogP contribution in [0.2, 0.25) is 0 Å². The van der Waals surface area contributed by atoms with Gasteiger partial charge < -0.3 is 14.9 Å². The molecule has 2 N–H and O–H groups in total. The van der Waals surface area contributed by atoms with Gasteiger partial charge >= 0.3 is 0 Å². The molecule has 0 aliphatic carbocycles. The van der Waals surface area contributed by atoms with Crippen molar-refractivity contribution in [3.63, 3.8) is 0 Å². The van der Waals surface area contributed by atoms with Crippen LogP contribution in [0.5, 0.6) is 0 Å². The zero-order valence-electron chi connectivity index (χ0n) is 10.9. The smallest absolute Gasteiger partial charge is 0.139 e. The molecule has 1 saturated heterocycles. The zero-order chi connectivity index (χ0) is 12.8. The molecule has 98 valence electrons. The third kappa shape index (κ3) is 1.58. The third-order valence-electron chi connectivity index (χ3n) is 4.22. The van der Waals surface area contributed by atoms with E-state index in [-0.39, 0.29) is 0 Å². The minimum Gasteiger partial charge on any atom is -0.346 e. The quantitative estimate of drug-likeness (QED) is 0.700. The van der Waals surface area contributed by atoms with Crippen LogP contribution in [0.25, 0.3) is 22.1 Å². The van der Waals surface area contributed by atoms with Gasteiger partial charge in [0.1, 0.15) is 11.2 Å². The number of H-pyrrole nitrogens is 1. The van der Waals surface area contributed by atoms with E-state index in [1.54, 1.807) is 0 Å². The number of fused-ring (bicyclic) bond motifs is 3. The summed E-state index contributed by atoms with van der Waals surface area (Å²) in [5.74, 6) is 0.619. The fourth-order valence-electron chi connectivity index (χ4n) is 3.20. The molecule has 0 spiro atoms. The fraction of sp³-hybridized carbons (Fsp3) is 0.429. The zero-order valence-corrected chi connectivity index (χ0v) is 10.9. The molecule has 0 saturated carbocycles. The summed E-state index contributed by atoms with van der Waals surface area (Å²) in [6.07, 6.45) is 6.93. The number of pyridine rings is 1. The molecule has 5 heteroatoms. The van der Waals surface area contributed by atoms with Gasteiger partial charge in [0.05, 0.1) is 18.0 Å². The summed E-state index contributed by atoms with van der Waals surface area (Å²) >= 11 is 0. The molecule has 0 amide bonds. The summed E-state index contributed by atoms with van der Waals surface area (Å²) in [5, 5.41) is 4.62. The molecule has 0 bridgehead atoms. The van der Waals surface area contributed by atoms with Gasteiger partial charge in [0.15, 0.2) is 0 Å². The first-order valence-electron chi connectivity index (χ1n) is 6.84. The number of aromatic nitrogens is 4. The molecule has 3 aromatic heterocycles. The van der Waals surface area contributed by atoms with Crippen LogP contribution >= 0.6 is 0 Å². The van der Waals surface area contributed by atoms with E-state index in [0.717, 1.165) is 30.7 Å². The van der Waals surface area contributed by atoms with Crippen LogP contribution in [-0.2, 0) is 0 Å².